The summed E-state index contributed by atoms with van der Waals surface area (Å²) in [6, 6.07) is 12.8. The van der Waals surface area contributed by atoms with Gasteiger partial charge in [-0.15, -0.1) is 0 Å². The van der Waals surface area contributed by atoms with Crippen molar-refractivity contribution in [2.24, 2.45) is 0 Å². The summed E-state index contributed by atoms with van der Waals surface area (Å²) in [4.78, 5) is 0. The van der Waals surface area contributed by atoms with E-state index in [1.54, 1.807) is 13.2 Å². The summed E-state index contributed by atoms with van der Waals surface area (Å²) in [5, 5.41) is 3.18. The van der Waals surface area contributed by atoms with Gasteiger partial charge in [0.15, 0.2) is 0 Å². The first-order chi connectivity index (χ1) is 9.24. The van der Waals surface area contributed by atoms with Gasteiger partial charge in [0.05, 0.1) is 7.11 Å². The highest BCUT2D eigenvalue weighted by atomic mass is 19.1. The maximum atomic E-state index is 14.1. The van der Waals surface area contributed by atoms with Gasteiger partial charge in [-0.25, -0.2) is 4.39 Å². The fourth-order valence-electron chi connectivity index (χ4n) is 1.96. The number of methoxy groups -OCH3 is 1. The topological polar surface area (TPSA) is 21.3 Å². The van der Waals surface area contributed by atoms with E-state index >= 15 is 0 Å². The molecule has 0 aromatic heterocycles. The molecule has 3 heteroatoms. The molecule has 0 saturated heterocycles. The fourth-order valence-corrected chi connectivity index (χ4v) is 1.96. The Hall–Kier alpha value is -1.87. The highest BCUT2D eigenvalue weighted by Gasteiger charge is 2.07. The maximum absolute atomic E-state index is 14.1. The van der Waals surface area contributed by atoms with Gasteiger partial charge in [0.1, 0.15) is 11.6 Å². The second-order valence-electron chi connectivity index (χ2n) is 4.33. The zero-order valence-corrected chi connectivity index (χ0v) is 11.2. The summed E-state index contributed by atoms with van der Waals surface area (Å²) in [6.07, 6.45) is 0. The van der Waals surface area contributed by atoms with Crippen molar-refractivity contribution >= 4 is 0 Å². The molecule has 2 nitrogen and oxygen atoms in total. The Labute approximate surface area is 113 Å². The summed E-state index contributed by atoms with van der Waals surface area (Å²) in [5.74, 6) is 0.525. The van der Waals surface area contributed by atoms with Crippen LogP contribution in [0.25, 0.3) is 11.1 Å². The van der Waals surface area contributed by atoms with Crippen molar-refractivity contribution in [2.45, 2.75) is 13.5 Å². The zero-order chi connectivity index (χ0) is 13.7. The molecular formula is C16H18FNO. The highest BCUT2D eigenvalue weighted by molar-refractivity contribution is 5.66. The van der Waals surface area contributed by atoms with E-state index in [2.05, 4.69) is 5.32 Å². The van der Waals surface area contributed by atoms with Crippen molar-refractivity contribution in [1.82, 2.24) is 5.32 Å². The van der Waals surface area contributed by atoms with E-state index in [4.69, 9.17) is 4.74 Å². The van der Waals surface area contributed by atoms with Gasteiger partial charge in [-0.1, -0.05) is 31.2 Å². The summed E-state index contributed by atoms with van der Waals surface area (Å²) in [6.45, 7) is 3.59. The van der Waals surface area contributed by atoms with Gasteiger partial charge in [-0.3, -0.25) is 0 Å². The minimum Gasteiger partial charge on any atom is -0.497 e. The standard InChI is InChI=1S/C16H18FNO/c1-3-18-11-12-7-8-15(16(17)9-12)13-5-4-6-14(10-13)19-2/h4-10,18H,3,11H2,1-2H3. The predicted octanol–water partition coefficient (Wildman–Crippen LogP) is 3.61. The second kappa shape index (κ2) is 6.34. The van der Waals surface area contributed by atoms with Gasteiger partial charge >= 0.3 is 0 Å². The van der Waals surface area contributed by atoms with Crippen LogP contribution in [0.5, 0.6) is 5.75 Å². The minimum absolute atomic E-state index is 0.205. The molecule has 0 aliphatic heterocycles. The number of hydrogen-bond donors (Lipinski definition) is 1. The first-order valence-electron chi connectivity index (χ1n) is 6.38. The molecule has 2 rings (SSSR count). The number of halogens is 1. The van der Waals surface area contributed by atoms with Crippen LogP contribution in [0.4, 0.5) is 4.39 Å². The van der Waals surface area contributed by atoms with E-state index in [0.29, 0.717) is 12.1 Å². The third-order valence-electron chi connectivity index (χ3n) is 2.99. The Morgan fingerprint density at radius 3 is 2.68 bits per heavy atom. The van der Waals surface area contributed by atoms with Crippen LogP contribution in [0.2, 0.25) is 0 Å². The number of ether oxygens (including phenoxy) is 1. The Balaban J connectivity index is 2.29. The third-order valence-corrected chi connectivity index (χ3v) is 2.99. The van der Waals surface area contributed by atoms with Gasteiger partial charge in [0.25, 0.3) is 0 Å². The monoisotopic (exact) mass is 259 g/mol. The van der Waals surface area contributed by atoms with E-state index in [-0.39, 0.29) is 5.82 Å². The third kappa shape index (κ3) is 3.32. The Bertz CT molecular complexity index is 554. The normalized spacial score (nSPS) is 10.5. The molecule has 2 aromatic carbocycles. The van der Waals surface area contributed by atoms with Crippen LogP contribution in [0, 0.1) is 5.82 Å². The van der Waals surface area contributed by atoms with Crippen LogP contribution in [-0.2, 0) is 6.54 Å². The molecule has 0 spiro atoms. The number of rotatable bonds is 5. The molecule has 0 radical (unpaired) electrons. The molecule has 0 aliphatic rings. The molecule has 0 fully saturated rings. The molecule has 0 amide bonds. The van der Waals surface area contributed by atoms with Crippen LogP contribution in [0.3, 0.4) is 0 Å². The molecule has 0 aliphatic carbocycles. The van der Waals surface area contributed by atoms with Crippen LogP contribution >= 0.6 is 0 Å². The summed E-state index contributed by atoms with van der Waals surface area (Å²) >= 11 is 0. The van der Waals surface area contributed by atoms with Gasteiger partial charge in [-0.2, -0.15) is 0 Å². The van der Waals surface area contributed by atoms with Crippen LogP contribution in [-0.4, -0.2) is 13.7 Å². The molecule has 0 unspecified atom stereocenters. The van der Waals surface area contributed by atoms with Crippen LogP contribution < -0.4 is 10.1 Å². The van der Waals surface area contributed by atoms with Gasteiger partial charge < -0.3 is 10.1 Å². The van der Waals surface area contributed by atoms with E-state index in [0.717, 1.165) is 23.4 Å². The molecule has 0 heterocycles. The lowest BCUT2D eigenvalue weighted by atomic mass is 10.0. The zero-order valence-electron chi connectivity index (χ0n) is 11.2. The number of benzene rings is 2. The Morgan fingerprint density at radius 2 is 2.00 bits per heavy atom. The quantitative estimate of drug-likeness (QED) is 0.885. The summed E-state index contributed by atoms with van der Waals surface area (Å²) in [5.41, 5.74) is 2.37. The summed E-state index contributed by atoms with van der Waals surface area (Å²) in [7, 11) is 1.61. The lowest BCUT2D eigenvalue weighted by Crippen LogP contribution is -2.11. The van der Waals surface area contributed by atoms with Crippen molar-refractivity contribution in [2.75, 3.05) is 13.7 Å². The van der Waals surface area contributed by atoms with Crippen molar-refractivity contribution in [3.63, 3.8) is 0 Å². The number of hydrogen-bond acceptors (Lipinski definition) is 2. The van der Waals surface area contributed by atoms with Crippen molar-refractivity contribution in [3.8, 4) is 16.9 Å². The van der Waals surface area contributed by atoms with Crippen LogP contribution in [0.15, 0.2) is 42.5 Å². The Morgan fingerprint density at radius 1 is 1.16 bits per heavy atom. The lowest BCUT2D eigenvalue weighted by Gasteiger charge is -2.08. The average Bonchev–Trinajstić information content (AvgIpc) is 2.45. The molecule has 100 valence electrons. The van der Waals surface area contributed by atoms with Gasteiger partial charge in [0.2, 0.25) is 0 Å². The highest BCUT2D eigenvalue weighted by Crippen LogP contribution is 2.26. The molecular weight excluding hydrogens is 241 g/mol. The van der Waals surface area contributed by atoms with E-state index in [9.17, 15) is 4.39 Å². The first kappa shape index (κ1) is 13.6. The smallest absolute Gasteiger partial charge is 0.131 e. The SMILES string of the molecule is CCNCc1ccc(-c2cccc(OC)c2)c(F)c1. The van der Waals surface area contributed by atoms with E-state index in [1.165, 1.54) is 0 Å². The lowest BCUT2D eigenvalue weighted by molar-refractivity contribution is 0.415. The largest absolute Gasteiger partial charge is 0.497 e. The molecule has 0 atom stereocenters. The van der Waals surface area contributed by atoms with E-state index in [1.807, 2.05) is 43.3 Å². The second-order valence-corrected chi connectivity index (χ2v) is 4.33. The minimum atomic E-state index is -0.205. The molecule has 1 N–H and O–H groups in total. The molecule has 19 heavy (non-hydrogen) atoms. The van der Waals surface area contributed by atoms with Crippen molar-refractivity contribution in [1.29, 1.82) is 0 Å². The maximum Gasteiger partial charge on any atom is 0.131 e. The Kier molecular flexibility index (Phi) is 4.53. The summed E-state index contributed by atoms with van der Waals surface area (Å²) < 4.78 is 19.3. The van der Waals surface area contributed by atoms with E-state index < -0.39 is 0 Å². The fraction of sp³-hybridized carbons (Fsp3) is 0.250. The molecule has 2 aromatic rings. The van der Waals surface area contributed by atoms with Crippen molar-refractivity contribution < 1.29 is 9.13 Å². The number of nitrogens with one attached hydrogen (secondary N) is 1. The predicted molar refractivity (Wildman–Crippen MR) is 75.8 cm³/mol. The van der Waals surface area contributed by atoms with Crippen molar-refractivity contribution in [3.05, 3.63) is 53.8 Å². The average molecular weight is 259 g/mol. The van der Waals surface area contributed by atoms with Gasteiger partial charge in [-0.05, 0) is 35.9 Å². The first-order valence-corrected chi connectivity index (χ1v) is 6.38. The van der Waals surface area contributed by atoms with Crippen LogP contribution in [0.1, 0.15) is 12.5 Å². The molecule has 0 saturated carbocycles. The van der Waals surface area contributed by atoms with Gasteiger partial charge in [0, 0.05) is 12.1 Å². The molecule has 0 bridgehead atoms.